The lowest BCUT2D eigenvalue weighted by Gasteiger charge is -2.17. The van der Waals surface area contributed by atoms with Crippen LogP contribution in [0.5, 0.6) is 0 Å². The number of thioether (sulfide) groups is 1. The van der Waals surface area contributed by atoms with E-state index in [0.29, 0.717) is 16.6 Å². The Balaban J connectivity index is 1.39. The van der Waals surface area contributed by atoms with Crippen LogP contribution in [0, 0.1) is 6.92 Å². The summed E-state index contributed by atoms with van der Waals surface area (Å²) in [5, 5.41) is 9.82. The van der Waals surface area contributed by atoms with Gasteiger partial charge in [-0.15, -0.1) is 0 Å². The molecule has 0 unspecified atom stereocenters. The van der Waals surface area contributed by atoms with Crippen LogP contribution in [0.25, 0.3) is 16.8 Å². The molecule has 1 aliphatic heterocycles. The van der Waals surface area contributed by atoms with E-state index in [-0.39, 0.29) is 17.6 Å². The van der Waals surface area contributed by atoms with Gasteiger partial charge in [-0.25, -0.2) is 4.99 Å². The summed E-state index contributed by atoms with van der Waals surface area (Å²) in [4.78, 5) is 32.3. The maximum absolute atomic E-state index is 13.3. The number of hydrogen-bond donors (Lipinski definition) is 1. The fraction of sp³-hybridized carbons (Fsp3) is 0.111. The Hall–Kier alpha value is -4.17. The Kier molecular flexibility index (Phi) is 6.20. The van der Waals surface area contributed by atoms with E-state index in [0.717, 1.165) is 27.7 Å². The van der Waals surface area contributed by atoms with Crippen molar-refractivity contribution in [3.63, 3.8) is 0 Å². The number of para-hydroxylation sites is 1. The van der Waals surface area contributed by atoms with E-state index in [1.54, 1.807) is 15.7 Å². The van der Waals surface area contributed by atoms with Crippen molar-refractivity contribution >= 4 is 57.0 Å². The number of anilines is 2. The van der Waals surface area contributed by atoms with Crippen LogP contribution in [0.2, 0.25) is 0 Å². The number of benzene rings is 3. The minimum atomic E-state index is -0.239. The monoisotopic (exact) mass is 481 g/mol. The van der Waals surface area contributed by atoms with E-state index in [9.17, 15) is 9.59 Å². The van der Waals surface area contributed by atoms with Gasteiger partial charge < -0.3 is 5.32 Å². The molecule has 5 rings (SSSR count). The number of carbonyl (C=O) groups excluding carboxylic acids is 2. The third kappa shape index (κ3) is 4.74. The first-order chi connectivity index (χ1) is 17.0. The van der Waals surface area contributed by atoms with E-state index in [1.807, 2.05) is 93.0 Å². The van der Waals surface area contributed by atoms with E-state index >= 15 is 0 Å². The van der Waals surface area contributed by atoms with Crippen LogP contribution in [0.4, 0.5) is 11.4 Å². The topological polar surface area (TPSA) is 79.6 Å². The first kappa shape index (κ1) is 22.6. The first-order valence-corrected chi connectivity index (χ1v) is 12.1. The summed E-state index contributed by atoms with van der Waals surface area (Å²) in [5.41, 5.74) is 3.40. The highest BCUT2D eigenvalue weighted by Gasteiger charge is 2.32. The average molecular weight is 482 g/mol. The normalized spacial score (nSPS) is 14.6. The van der Waals surface area contributed by atoms with Crippen LogP contribution in [0.3, 0.4) is 0 Å². The molecule has 2 amide bonds. The number of fused-ring (bicyclic) bond motifs is 1. The SMILES string of the molecule is Cc1nn(C)cc1/C=C1/N=C(SCC(=O)Nc2cccc3ccccc23)N(c2ccccc2)C1=O. The van der Waals surface area contributed by atoms with Gasteiger partial charge in [-0.2, -0.15) is 5.10 Å². The second-order valence-electron chi connectivity index (χ2n) is 8.11. The predicted molar refractivity (Wildman–Crippen MR) is 142 cm³/mol. The molecule has 0 fully saturated rings. The molecular weight excluding hydrogens is 458 g/mol. The van der Waals surface area contributed by atoms with Gasteiger partial charge in [-0.3, -0.25) is 19.2 Å². The lowest BCUT2D eigenvalue weighted by atomic mass is 10.1. The minimum Gasteiger partial charge on any atom is -0.325 e. The molecule has 0 aliphatic carbocycles. The molecule has 0 atom stereocenters. The molecule has 174 valence electrons. The maximum Gasteiger partial charge on any atom is 0.283 e. The summed E-state index contributed by atoms with van der Waals surface area (Å²) in [7, 11) is 1.83. The van der Waals surface area contributed by atoms with Gasteiger partial charge in [0.05, 0.1) is 17.1 Å². The van der Waals surface area contributed by atoms with Crippen molar-refractivity contribution in [2.75, 3.05) is 16.0 Å². The van der Waals surface area contributed by atoms with Gasteiger partial charge >= 0.3 is 0 Å². The molecule has 8 heteroatoms. The molecule has 0 spiro atoms. The zero-order chi connectivity index (χ0) is 24.4. The highest BCUT2D eigenvalue weighted by Crippen LogP contribution is 2.30. The number of aliphatic imine (C=N–C) groups is 1. The standard InChI is InChI=1S/C27H23N5O2S/c1-18-20(16-31(2)30-18)15-24-26(34)32(21-11-4-3-5-12-21)27(29-24)35-17-25(33)28-23-14-8-10-19-9-6-7-13-22(19)23/h3-16H,17H2,1-2H3,(H,28,33)/b24-15+. The minimum absolute atomic E-state index is 0.109. The number of aryl methyl sites for hydroxylation is 2. The van der Waals surface area contributed by atoms with E-state index in [2.05, 4.69) is 15.4 Å². The molecule has 3 aromatic carbocycles. The Morgan fingerprint density at radius 2 is 1.77 bits per heavy atom. The fourth-order valence-corrected chi connectivity index (χ4v) is 4.77. The highest BCUT2D eigenvalue weighted by molar-refractivity contribution is 8.14. The Morgan fingerprint density at radius 3 is 2.54 bits per heavy atom. The number of amidine groups is 1. The number of aromatic nitrogens is 2. The predicted octanol–water partition coefficient (Wildman–Crippen LogP) is 5.00. The number of hydrogen-bond acceptors (Lipinski definition) is 5. The number of amides is 2. The van der Waals surface area contributed by atoms with Gasteiger partial charge in [0.25, 0.3) is 5.91 Å². The second-order valence-corrected chi connectivity index (χ2v) is 9.05. The van der Waals surface area contributed by atoms with Crippen LogP contribution >= 0.6 is 11.8 Å². The van der Waals surface area contributed by atoms with E-state index in [1.165, 1.54) is 11.8 Å². The first-order valence-electron chi connectivity index (χ1n) is 11.1. The summed E-state index contributed by atoms with van der Waals surface area (Å²) in [5.74, 6) is -0.302. The number of rotatable bonds is 5. The molecule has 7 nitrogen and oxygen atoms in total. The van der Waals surface area contributed by atoms with Gasteiger partial charge in [0.2, 0.25) is 5.91 Å². The van der Waals surface area contributed by atoms with Crippen LogP contribution in [0.15, 0.2) is 89.7 Å². The molecule has 0 saturated carbocycles. The van der Waals surface area contributed by atoms with Crippen LogP contribution in [-0.4, -0.2) is 32.5 Å². The van der Waals surface area contributed by atoms with Crippen LogP contribution in [-0.2, 0) is 16.6 Å². The zero-order valence-corrected chi connectivity index (χ0v) is 20.1. The Labute approximate surface area is 207 Å². The Bertz CT molecular complexity index is 1480. The maximum atomic E-state index is 13.3. The molecular formula is C27H23N5O2S. The third-order valence-corrected chi connectivity index (χ3v) is 6.52. The van der Waals surface area contributed by atoms with Crippen molar-refractivity contribution in [3.8, 4) is 0 Å². The zero-order valence-electron chi connectivity index (χ0n) is 19.3. The van der Waals surface area contributed by atoms with Crippen molar-refractivity contribution in [1.29, 1.82) is 0 Å². The molecule has 0 radical (unpaired) electrons. The third-order valence-electron chi connectivity index (χ3n) is 5.58. The van der Waals surface area contributed by atoms with Crippen LogP contribution in [0.1, 0.15) is 11.3 Å². The van der Waals surface area contributed by atoms with Gasteiger partial charge in [0.1, 0.15) is 5.70 Å². The largest absolute Gasteiger partial charge is 0.325 e. The quantitative estimate of drug-likeness (QED) is 0.407. The molecule has 1 aliphatic rings. The lowest BCUT2D eigenvalue weighted by Crippen LogP contribution is -2.31. The van der Waals surface area contributed by atoms with Crippen molar-refractivity contribution in [1.82, 2.24) is 9.78 Å². The summed E-state index contributed by atoms with van der Waals surface area (Å²) >= 11 is 1.23. The van der Waals surface area contributed by atoms with Gasteiger partial charge in [0, 0.05) is 29.9 Å². The Morgan fingerprint density at radius 1 is 1.03 bits per heavy atom. The number of nitrogens with zero attached hydrogens (tertiary/aromatic N) is 4. The molecule has 1 aromatic heterocycles. The van der Waals surface area contributed by atoms with Crippen molar-refractivity contribution in [2.45, 2.75) is 6.92 Å². The molecule has 0 bridgehead atoms. The lowest BCUT2D eigenvalue weighted by molar-refractivity contribution is -0.114. The average Bonchev–Trinajstić information content (AvgIpc) is 3.35. The summed E-state index contributed by atoms with van der Waals surface area (Å²) in [6.07, 6.45) is 3.59. The number of nitrogens with one attached hydrogen (secondary N) is 1. The van der Waals surface area contributed by atoms with Gasteiger partial charge in [-0.05, 0) is 36.6 Å². The molecule has 1 N–H and O–H groups in total. The van der Waals surface area contributed by atoms with Crippen LogP contribution < -0.4 is 10.2 Å². The van der Waals surface area contributed by atoms with Crippen molar-refractivity contribution in [2.24, 2.45) is 12.0 Å². The summed E-state index contributed by atoms with van der Waals surface area (Å²) in [6.45, 7) is 1.89. The number of carbonyl (C=O) groups is 2. The molecule has 35 heavy (non-hydrogen) atoms. The highest BCUT2D eigenvalue weighted by atomic mass is 32.2. The van der Waals surface area contributed by atoms with Crippen molar-refractivity contribution < 1.29 is 9.59 Å². The van der Waals surface area contributed by atoms with Gasteiger partial charge in [-0.1, -0.05) is 66.4 Å². The summed E-state index contributed by atoms with van der Waals surface area (Å²) < 4.78 is 1.70. The second kappa shape index (κ2) is 9.60. The van der Waals surface area contributed by atoms with E-state index in [4.69, 9.17) is 0 Å². The summed E-state index contributed by atoms with van der Waals surface area (Å²) in [6, 6.07) is 23.0. The fourth-order valence-electron chi connectivity index (χ4n) is 3.96. The molecule has 4 aromatic rings. The molecule has 2 heterocycles. The van der Waals surface area contributed by atoms with Crippen molar-refractivity contribution in [3.05, 3.63) is 95.9 Å². The van der Waals surface area contributed by atoms with E-state index < -0.39 is 0 Å². The molecule has 0 saturated heterocycles. The smallest absolute Gasteiger partial charge is 0.283 e. The van der Waals surface area contributed by atoms with Gasteiger partial charge in [0.15, 0.2) is 5.17 Å².